The van der Waals surface area contributed by atoms with Crippen LogP contribution in [0.2, 0.25) is 0 Å². The van der Waals surface area contributed by atoms with Crippen LogP contribution in [0.1, 0.15) is 43.2 Å². The zero-order chi connectivity index (χ0) is 23.4. The third-order valence-electron chi connectivity index (χ3n) is 6.26. The Morgan fingerprint density at radius 3 is 2.27 bits per heavy atom. The van der Waals surface area contributed by atoms with Crippen molar-refractivity contribution in [3.8, 4) is 11.1 Å². The number of hydrogen-bond donors (Lipinski definition) is 3. The number of carbonyl (C=O) groups excluding carboxylic acids is 2. The van der Waals surface area contributed by atoms with Gasteiger partial charge in [0.2, 0.25) is 5.91 Å². The molecule has 33 heavy (non-hydrogen) atoms. The van der Waals surface area contributed by atoms with Gasteiger partial charge < -0.3 is 20.5 Å². The molecule has 0 radical (unpaired) electrons. The van der Waals surface area contributed by atoms with Crippen molar-refractivity contribution in [2.45, 2.75) is 44.2 Å². The molecule has 0 spiro atoms. The van der Waals surface area contributed by atoms with Crippen LogP contribution in [0.4, 0.5) is 4.79 Å². The van der Waals surface area contributed by atoms with E-state index >= 15 is 0 Å². The molecule has 0 saturated heterocycles. The van der Waals surface area contributed by atoms with Crippen molar-refractivity contribution in [1.29, 1.82) is 0 Å². The second-order valence-electron chi connectivity index (χ2n) is 8.65. The largest absolute Gasteiger partial charge is 0.481 e. The van der Waals surface area contributed by atoms with Gasteiger partial charge in [-0.25, -0.2) is 4.79 Å². The number of carboxylic acid groups (broad SMARTS) is 1. The second-order valence-corrected chi connectivity index (χ2v) is 8.65. The molecule has 2 aliphatic rings. The van der Waals surface area contributed by atoms with Crippen molar-refractivity contribution in [3.63, 3.8) is 0 Å². The van der Waals surface area contributed by atoms with Crippen molar-refractivity contribution >= 4 is 18.0 Å². The highest BCUT2D eigenvalue weighted by Gasteiger charge is 2.29. The first kappa shape index (κ1) is 22.6. The number of amides is 2. The number of ether oxygens (including phenoxy) is 1. The molecule has 2 aromatic rings. The quantitative estimate of drug-likeness (QED) is 0.532. The van der Waals surface area contributed by atoms with Crippen molar-refractivity contribution in [2.24, 2.45) is 5.92 Å². The fraction of sp³-hybridized carbons (Fsp3) is 0.346. The predicted octanol–water partition coefficient (Wildman–Crippen LogP) is 3.84. The molecule has 3 unspecified atom stereocenters. The van der Waals surface area contributed by atoms with Gasteiger partial charge in [-0.1, -0.05) is 60.7 Å². The molecule has 172 valence electrons. The number of nitrogens with one attached hydrogen (secondary N) is 2. The van der Waals surface area contributed by atoms with Crippen molar-refractivity contribution < 1.29 is 24.2 Å². The highest BCUT2D eigenvalue weighted by Crippen LogP contribution is 2.44. The van der Waals surface area contributed by atoms with E-state index in [1.54, 1.807) is 12.2 Å². The minimum atomic E-state index is -0.885. The summed E-state index contributed by atoms with van der Waals surface area (Å²) in [6, 6.07) is 15.8. The molecule has 7 heteroatoms. The minimum Gasteiger partial charge on any atom is -0.481 e. The summed E-state index contributed by atoms with van der Waals surface area (Å²) in [4.78, 5) is 35.5. The molecule has 4 rings (SSSR count). The molecule has 3 N–H and O–H groups in total. The number of benzene rings is 2. The molecule has 0 heterocycles. The lowest BCUT2D eigenvalue weighted by molar-refractivity contribution is -0.140. The first-order valence-electron chi connectivity index (χ1n) is 11.2. The van der Waals surface area contributed by atoms with Crippen LogP contribution in [-0.2, 0) is 14.3 Å². The lowest BCUT2D eigenvalue weighted by Gasteiger charge is -2.18. The Balaban J connectivity index is 1.22. The Labute approximate surface area is 192 Å². The van der Waals surface area contributed by atoms with Crippen molar-refractivity contribution in [1.82, 2.24) is 10.6 Å². The molecule has 2 aliphatic carbocycles. The summed E-state index contributed by atoms with van der Waals surface area (Å²) in [6.07, 6.45) is 3.87. The number of carboxylic acids is 1. The number of hydrogen-bond acceptors (Lipinski definition) is 4. The van der Waals surface area contributed by atoms with Gasteiger partial charge in [-0.2, -0.15) is 0 Å². The van der Waals surface area contributed by atoms with Gasteiger partial charge in [0.15, 0.2) is 0 Å². The first-order chi connectivity index (χ1) is 15.9. The standard InChI is InChI=1S/C26H28N2O5/c1-16(10-13-24(29)28-18-12-11-17(14-18)25(30)31)27-26(32)33-15-23-21-8-4-2-6-19(21)20-7-3-5-9-22(20)23/h2-9,11-12,16-18,23H,10,13-15H2,1H3,(H,27,32)(H,28,29)(H,30,31). The molecule has 3 atom stereocenters. The summed E-state index contributed by atoms with van der Waals surface area (Å²) in [5.41, 5.74) is 4.66. The van der Waals surface area contributed by atoms with Gasteiger partial charge in [-0.05, 0) is 42.0 Å². The van der Waals surface area contributed by atoms with E-state index in [0.717, 1.165) is 11.1 Å². The van der Waals surface area contributed by atoms with E-state index in [2.05, 4.69) is 34.9 Å². The zero-order valence-electron chi connectivity index (χ0n) is 18.5. The number of aliphatic carboxylic acids is 1. The van der Waals surface area contributed by atoms with Crippen molar-refractivity contribution in [3.05, 3.63) is 71.8 Å². The number of fused-ring (bicyclic) bond motifs is 3. The molecule has 0 aliphatic heterocycles. The lowest BCUT2D eigenvalue weighted by atomic mass is 9.98. The molecule has 7 nitrogen and oxygen atoms in total. The Morgan fingerprint density at radius 2 is 1.67 bits per heavy atom. The van der Waals surface area contributed by atoms with Gasteiger partial charge in [0.25, 0.3) is 0 Å². The summed E-state index contributed by atoms with van der Waals surface area (Å²) >= 11 is 0. The van der Waals surface area contributed by atoms with E-state index in [-0.39, 0.29) is 36.9 Å². The van der Waals surface area contributed by atoms with Crippen LogP contribution in [-0.4, -0.2) is 41.8 Å². The average molecular weight is 449 g/mol. The Bertz CT molecular complexity index is 1030. The van der Waals surface area contributed by atoms with Crippen LogP contribution in [0.3, 0.4) is 0 Å². The van der Waals surface area contributed by atoms with Gasteiger partial charge in [0, 0.05) is 24.4 Å². The number of carbonyl (C=O) groups is 3. The summed E-state index contributed by atoms with van der Waals surface area (Å²) in [6.45, 7) is 2.07. The molecule has 0 fully saturated rings. The average Bonchev–Trinajstić information content (AvgIpc) is 3.39. The Kier molecular flexibility index (Phi) is 6.77. The maximum atomic E-state index is 12.4. The van der Waals surface area contributed by atoms with Gasteiger partial charge >= 0.3 is 12.1 Å². The SMILES string of the molecule is CC(CCC(=O)NC1C=CC(C(=O)O)C1)NC(=O)OCC1c2ccccc2-c2ccccc21. The fourth-order valence-corrected chi connectivity index (χ4v) is 4.53. The first-order valence-corrected chi connectivity index (χ1v) is 11.2. The molecule has 0 bridgehead atoms. The summed E-state index contributed by atoms with van der Waals surface area (Å²) in [5.74, 6) is -1.61. The van der Waals surface area contributed by atoms with Crippen LogP contribution in [0, 0.1) is 5.92 Å². The molecule has 0 aromatic heterocycles. The summed E-state index contributed by atoms with van der Waals surface area (Å²) in [5, 5.41) is 14.6. The lowest BCUT2D eigenvalue weighted by Crippen LogP contribution is -2.37. The van der Waals surface area contributed by atoms with E-state index in [0.29, 0.717) is 12.8 Å². The summed E-state index contributed by atoms with van der Waals surface area (Å²) < 4.78 is 5.54. The van der Waals surface area contributed by atoms with Crippen molar-refractivity contribution in [2.75, 3.05) is 6.61 Å². The van der Waals surface area contributed by atoms with E-state index in [1.165, 1.54) is 11.1 Å². The normalized spacial score (nSPS) is 19.4. The molecular formula is C26H28N2O5. The van der Waals surface area contributed by atoms with Crippen LogP contribution >= 0.6 is 0 Å². The van der Waals surface area contributed by atoms with E-state index < -0.39 is 18.0 Å². The monoisotopic (exact) mass is 448 g/mol. The zero-order valence-corrected chi connectivity index (χ0v) is 18.5. The van der Waals surface area contributed by atoms with Gasteiger partial charge in [0.05, 0.1) is 5.92 Å². The fourth-order valence-electron chi connectivity index (χ4n) is 4.53. The van der Waals surface area contributed by atoms with Crippen LogP contribution in [0.15, 0.2) is 60.7 Å². The maximum Gasteiger partial charge on any atom is 0.407 e. The van der Waals surface area contributed by atoms with Gasteiger partial charge in [-0.3, -0.25) is 9.59 Å². The Morgan fingerprint density at radius 1 is 1.03 bits per heavy atom. The van der Waals surface area contributed by atoms with Crippen LogP contribution < -0.4 is 10.6 Å². The highest BCUT2D eigenvalue weighted by atomic mass is 16.5. The topological polar surface area (TPSA) is 105 Å². The predicted molar refractivity (Wildman–Crippen MR) is 124 cm³/mol. The maximum absolute atomic E-state index is 12.4. The van der Waals surface area contributed by atoms with E-state index in [9.17, 15) is 14.4 Å². The molecular weight excluding hydrogens is 420 g/mol. The van der Waals surface area contributed by atoms with Crippen LogP contribution in [0.5, 0.6) is 0 Å². The second kappa shape index (κ2) is 9.90. The smallest absolute Gasteiger partial charge is 0.407 e. The van der Waals surface area contributed by atoms with E-state index in [4.69, 9.17) is 9.84 Å². The highest BCUT2D eigenvalue weighted by molar-refractivity contribution is 5.79. The summed E-state index contributed by atoms with van der Waals surface area (Å²) in [7, 11) is 0. The Hall–Kier alpha value is -3.61. The van der Waals surface area contributed by atoms with Crippen LogP contribution in [0.25, 0.3) is 11.1 Å². The minimum absolute atomic E-state index is 0.00155. The molecule has 0 saturated carbocycles. The van der Waals surface area contributed by atoms with Gasteiger partial charge in [-0.15, -0.1) is 0 Å². The molecule has 2 aromatic carbocycles. The third kappa shape index (κ3) is 5.25. The molecule has 2 amide bonds. The third-order valence-corrected chi connectivity index (χ3v) is 6.26. The number of alkyl carbamates (subject to hydrolysis) is 1. The van der Waals surface area contributed by atoms with Gasteiger partial charge in [0.1, 0.15) is 6.61 Å². The van der Waals surface area contributed by atoms with E-state index in [1.807, 2.05) is 31.2 Å². The number of rotatable bonds is 8.